The van der Waals surface area contributed by atoms with Gasteiger partial charge in [0.25, 0.3) is 0 Å². The largest absolute Gasteiger partial charge is 0.492 e. The molecule has 0 bridgehead atoms. The van der Waals surface area contributed by atoms with Gasteiger partial charge in [0.15, 0.2) is 0 Å². The SMILES string of the molecule is Cc1cccc(OCCNc2nc(C)ns2)c1. The van der Waals surface area contributed by atoms with E-state index in [4.69, 9.17) is 4.74 Å². The first-order valence-electron chi connectivity index (χ1n) is 5.48. The number of nitrogens with one attached hydrogen (secondary N) is 1. The third-order valence-electron chi connectivity index (χ3n) is 2.16. The lowest BCUT2D eigenvalue weighted by Gasteiger charge is -2.06. The summed E-state index contributed by atoms with van der Waals surface area (Å²) in [5.74, 6) is 1.71. The molecular weight excluding hydrogens is 234 g/mol. The van der Waals surface area contributed by atoms with Crippen molar-refractivity contribution in [2.45, 2.75) is 13.8 Å². The minimum atomic E-state index is 0.613. The third kappa shape index (κ3) is 3.71. The van der Waals surface area contributed by atoms with Gasteiger partial charge in [0.2, 0.25) is 5.13 Å². The topological polar surface area (TPSA) is 47.0 Å². The van der Waals surface area contributed by atoms with Crippen molar-refractivity contribution in [3.8, 4) is 5.75 Å². The summed E-state index contributed by atoms with van der Waals surface area (Å²) in [6.07, 6.45) is 0. The monoisotopic (exact) mass is 249 g/mol. The number of anilines is 1. The van der Waals surface area contributed by atoms with Crippen LogP contribution < -0.4 is 10.1 Å². The zero-order valence-corrected chi connectivity index (χ0v) is 10.8. The van der Waals surface area contributed by atoms with E-state index in [-0.39, 0.29) is 0 Å². The second-order valence-corrected chi connectivity index (χ2v) is 4.49. The van der Waals surface area contributed by atoms with Crippen molar-refractivity contribution in [3.05, 3.63) is 35.7 Å². The average molecular weight is 249 g/mol. The Bertz CT molecular complexity index is 484. The molecule has 4 nitrogen and oxygen atoms in total. The molecule has 2 rings (SSSR count). The Labute approximate surface area is 105 Å². The summed E-state index contributed by atoms with van der Waals surface area (Å²) in [6, 6.07) is 8.03. The van der Waals surface area contributed by atoms with E-state index in [0.29, 0.717) is 6.61 Å². The molecule has 0 saturated carbocycles. The number of nitrogens with zero attached hydrogens (tertiary/aromatic N) is 2. The van der Waals surface area contributed by atoms with Gasteiger partial charge in [0, 0.05) is 11.5 Å². The number of aryl methyl sites for hydroxylation is 2. The van der Waals surface area contributed by atoms with E-state index in [1.165, 1.54) is 17.1 Å². The van der Waals surface area contributed by atoms with Crippen LogP contribution in [-0.2, 0) is 0 Å². The van der Waals surface area contributed by atoms with Crippen molar-refractivity contribution in [2.75, 3.05) is 18.5 Å². The number of hydrogen-bond acceptors (Lipinski definition) is 5. The molecule has 1 aromatic heterocycles. The van der Waals surface area contributed by atoms with Gasteiger partial charge in [-0.25, -0.2) is 4.98 Å². The van der Waals surface area contributed by atoms with Crippen LogP contribution in [0.2, 0.25) is 0 Å². The molecule has 0 fully saturated rings. The highest BCUT2D eigenvalue weighted by molar-refractivity contribution is 7.09. The molecule has 0 amide bonds. The fourth-order valence-corrected chi connectivity index (χ4v) is 2.00. The Morgan fingerprint density at radius 3 is 2.94 bits per heavy atom. The second-order valence-electron chi connectivity index (χ2n) is 3.74. The van der Waals surface area contributed by atoms with Crippen molar-refractivity contribution in [3.63, 3.8) is 0 Å². The minimum Gasteiger partial charge on any atom is -0.492 e. The molecule has 0 radical (unpaired) electrons. The predicted octanol–water partition coefficient (Wildman–Crippen LogP) is 2.65. The molecule has 0 atom stereocenters. The van der Waals surface area contributed by atoms with Crippen molar-refractivity contribution < 1.29 is 4.74 Å². The quantitative estimate of drug-likeness (QED) is 0.828. The summed E-state index contributed by atoms with van der Waals surface area (Å²) >= 11 is 1.37. The molecule has 0 saturated heterocycles. The highest BCUT2D eigenvalue weighted by Crippen LogP contribution is 2.12. The summed E-state index contributed by atoms with van der Waals surface area (Å²) < 4.78 is 9.70. The zero-order chi connectivity index (χ0) is 12.1. The molecule has 17 heavy (non-hydrogen) atoms. The highest BCUT2D eigenvalue weighted by atomic mass is 32.1. The standard InChI is InChI=1S/C12H15N3OS/c1-9-4-3-5-11(8-9)16-7-6-13-12-14-10(2)15-17-12/h3-5,8H,6-7H2,1-2H3,(H,13,14,15). The predicted molar refractivity (Wildman–Crippen MR) is 69.8 cm³/mol. The molecule has 0 unspecified atom stereocenters. The Morgan fingerprint density at radius 2 is 2.24 bits per heavy atom. The van der Waals surface area contributed by atoms with Crippen molar-refractivity contribution in [2.24, 2.45) is 0 Å². The summed E-state index contributed by atoms with van der Waals surface area (Å²) in [5, 5.41) is 4.01. The minimum absolute atomic E-state index is 0.613. The van der Waals surface area contributed by atoms with Crippen LogP contribution in [0.15, 0.2) is 24.3 Å². The maximum atomic E-state index is 5.61. The highest BCUT2D eigenvalue weighted by Gasteiger charge is 1.98. The molecule has 1 aromatic carbocycles. The van der Waals surface area contributed by atoms with Gasteiger partial charge in [-0.15, -0.1) is 0 Å². The van der Waals surface area contributed by atoms with Gasteiger partial charge in [-0.3, -0.25) is 0 Å². The van der Waals surface area contributed by atoms with Crippen LogP contribution in [0.3, 0.4) is 0 Å². The molecule has 5 heteroatoms. The molecule has 0 aliphatic heterocycles. The zero-order valence-electron chi connectivity index (χ0n) is 9.93. The number of benzene rings is 1. The fraction of sp³-hybridized carbons (Fsp3) is 0.333. The van der Waals surface area contributed by atoms with Crippen LogP contribution in [0.25, 0.3) is 0 Å². The van der Waals surface area contributed by atoms with Gasteiger partial charge in [-0.1, -0.05) is 12.1 Å². The van der Waals surface area contributed by atoms with E-state index in [9.17, 15) is 0 Å². The van der Waals surface area contributed by atoms with Crippen LogP contribution >= 0.6 is 11.5 Å². The van der Waals surface area contributed by atoms with E-state index >= 15 is 0 Å². The lowest BCUT2D eigenvalue weighted by molar-refractivity contribution is 0.332. The Morgan fingerprint density at radius 1 is 1.35 bits per heavy atom. The molecule has 1 heterocycles. The first-order valence-corrected chi connectivity index (χ1v) is 6.25. The summed E-state index contributed by atoms with van der Waals surface area (Å²) in [7, 11) is 0. The van der Waals surface area contributed by atoms with E-state index in [0.717, 1.165) is 23.3 Å². The van der Waals surface area contributed by atoms with Gasteiger partial charge in [-0.05, 0) is 31.5 Å². The summed E-state index contributed by atoms with van der Waals surface area (Å²) in [6.45, 7) is 5.27. The van der Waals surface area contributed by atoms with Gasteiger partial charge < -0.3 is 10.1 Å². The first kappa shape index (κ1) is 11.9. The van der Waals surface area contributed by atoms with E-state index in [1.54, 1.807) is 0 Å². The molecular formula is C12H15N3OS. The lowest BCUT2D eigenvalue weighted by Crippen LogP contribution is -2.11. The van der Waals surface area contributed by atoms with Gasteiger partial charge in [0.1, 0.15) is 18.2 Å². The second kappa shape index (κ2) is 5.63. The van der Waals surface area contributed by atoms with Crippen LogP contribution in [0, 0.1) is 13.8 Å². The smallest absolute Gasteiger partial charge is 0.202 e. The van der Waals surface area contributed by atoms with Crippen molar-refractivity contribution in [1.29, 1.82) is 0 Å². The Kier molecular flexibility index (Phi) is 3.93. The van der Waals surface area contributed by atoms with Gasteiger partial charge in [-0.2, -0.15) is 4.37 Å². The first-order chi connectivity index (χ1) is 8.24. The summed E-state index contributed by atoms with van der Waals surface area (Å²) in [4.78, 5) is 4.21. The molecule has 90 valence electrons. The van der Waals surface area contributed by atoms with E-state index in [1.807, 2.05) is 25.1 Å². The van der Waals surface area contributed by atoms with Crippen LogP contribution in [-0.4, -0.2) is 22.5 Å². The summed E-state index contributed by atoms with van der Waals surface area (Å²) in [5.41, 5.74) is 1.20. The molecule has 2 aromatic rings. The number of rotatable bonds is 5. The Hall–Kier alpha value is -1.62. The van der Waals surface area contributed by atoms with Crippen LogP contribution in [0.1, 0.15) is 11.4 Å². The maximum absolute atomic E-state index is 5.61. The van der Waals surface area contributed by atoms with Gasteiger partial charge in [0.05, 0.1) is 6.54 Å². The van der Waals surface area contributed by atoms with Crippen molar-refractivity contribution >= 4 is 16.7 Å². The molecule has 0 spiro atoms. The average Bonchev–Trinajstić information content (AvgIpc) is 2.71. The van der Waals surface area contributed by atoms with Crippen LogP contribution in [0.4, 0.5) is 5.13 Å². The van der Waals surface area contributed by atoms with E-state index < -0.39 is 0 Å². The molecule has 1 N–H and O–H groups in total. The number of aromatic nitrogens is 2. The number of ether oxygens (including phenoxy) is 1. The lowest BCUT2D eigenvalue weighted by atomic mass is 10.2. The third-order valence-corrected chi connectivity index (χ3v) is 2.93. The maximum Gasteiger partial charge on any atom is 0.202 e. The van der Waals surface area contributed by atoms with Crippen LogP contribution in [0.5, 0.6) is 5.75 Å². The Balaban J connectivity index is 1.73. The van der Waals surface area contributed by atoms with E-state index in [2.05, 4.69) is 27.7 Å². The van der Waals surface area contributed by atoms with Crippen molar-refractivity contribution in [1.82, 2.24) is 9.36 Å². The fourth-order valence-electron chi connectivity index (χ4n) is 1.40. The molecule has 0 aliphatic carbocycles. The molecule has 0 aliphatic rings. The number of hydrogen-bond donors (Lipinski definition) is 1. The van der Waals surface area contributed by atoms with Gasteiger partial charge >= 0.3 is 0 Å². The normalized spacial score (nSPS) is 10.2.